The minimum atomic E-state index is -0.782. The summed E-state index contributed by atoms with van der Waals surface area (Å²) in [6.07, 6.45) is 53.8. The highest BCUT2D eigenvalue weighted by Gasteiger charge is 2.19. The van der Waals surface area contributed by atoms with Gasteiger partial charge in [-0.3, -0.25) is 14.4 Å². The summed E-state index contributed by atoms with van der Waals surface area (Å²) >= 11 is 0. The van der Waals surface area contributed by atoms with Gasteiger partial charge >= 0.3 is 17.9 Å². The lowest BCUT2D eigenvalue weighted by Gasteiger charge is -2.18. The molecular weight excluding hydrogens is 709 g/mol. The quantitative estimate of drug-likeness (QED) is 0.0201. The molecule has 0 saturated heterocycles. The maximum absolute atomic E-state index is 12.7. The van der Waals surface area contributed by atoms with Gasteiger partial charge in [-0.15, -0.1) is 0 Å². The third kappa shape index (κ3) is 44.3. The largest absolute Gasteiger partial charge is 0.462 e. The maximum Gasteiger partial charge on any atom is 0.306 e. The van der Waals surface area contributed by atoms with Gasteiger partial charge in [-0.2, -0.15) is 0 Å². The van der Waals surface area contributed by atoms with Crippen LogP contribution in [0, 0.1) is 0 Å². The lowest BCUT2D eigenvalue weighted by Crippen LogP contribution is -2.30. The van der Waals surface area contributed by atoms with Crippen LogP contribution in [0.15, 0.2) is 48.6 Å². The van der Waals surface area contributed by atoms with E-state index in [4.69, 9.17) is 14.2 Å². The van der Waals surface area contributed by atoms with Gasteiger partial charge in [0.15, 0.2) is 6.10 Å². The molecule has 0 aliphatic carbocycles. The molecule has 0 aromatic heterocycles. The first-order valence-corrected chi connectivity index (χ1v) is 24.2. The molecule has 6 heteroatoms. The number of ether oxygens (including phenoxy) is 3. The normalized spacial score (nSPS) is 12.4. The summed E-state index contributed by atoms with van der Waals surface area (Å²) in [5, 5.41) is 0. The van der Waals surface area contributed by atoms with Crippen molar-refractivity contribution in [1.29, 1.82) is 0 Å². The number of hydrogen-bond donors (Lipinski definition) is 0. The van der Waals surface area contributed by atoms with Crippen molar-refractivity contribution in [2.24, 2.45) is 0 Å². The molecule has 0 amide bonds. The molecule has 6 nitrogen and oxygen atoms in total. The molecule has 0 rings (SSSR count). The van der Waals surface area contributed by atoms with Gasteiger partial charge in [-0.05, 0) is 64.2 Å². The number of rotatable bonds is 43. The van der Waals surface area contributed by atoms with E-state index in [9.17, 15) is 14.4 Å². The highest BCUT2D eigenvalue weighted by atomic mass is 16.6. The van der Waals surface area contributed by atoms with Gasteiger partial charge in [0, 0.05) is 19.3 Å². The Morgan fingerprint density at radius 1 is 0.386 bits per heavy atom. The van der Waals surface area contributed by atoms with Crippen LogP contribution in [0.1, 0.15) is 239 Å². The van der Waals surface area contributed by atoms with E-state index in [1.807, 2.05) is 0 Å². The van der Waals surface area contributed by atoms with Crippen LogP contribution in [0.4, 0.5) is 0 Å². The zero-order chi connectivity index (χ0) is 41.5. The van der Waals surface area contributed by atoms with Gasteiger partial charge in [0.1, 0.15) is 13.2 Å². The van der Waals surface area contributed by atoms with E-state index in [0.29, 0.717) is 19.3 Å². The van der Waals surface area contributed by atoms with Crippen molar-refractivity contribution >= 4 is 17.9 Å². The maximum atomic E-state index is 12.7. The van der Waals surface area contributed by atoms with E-state index in [-0.39, 0.29) is 31.1 Å². The zero-order valence-corrected chi connectivity index (χ0v) is 37.6. The van der Waals surface area contributed by atoms with Crippen LogP contribution in [0.25, 0.3) is 0 Å². The molecule has 330 valence electrons. The van der Waals surface area contributed by atoms with Crippen LogP contribution in [0.3, 0.4) is 0 Å². The Morgan fingerprint density at radius 2 is 0.754 bits per heavy atom. The Morgan fingerprint density at radius 3 is 1.23 bits per heavy atom. The molecule has 0 radical (unpaired) electrons. The van der Waals surface area contributed by atoms with Gasteiger partial charge in [-0.25, -0.2) is 0 Å². The summed E-state index contributed by atoms with van der Waals surface area (Å²) in [4.78, 5) is 37.8. The summed E-state index contributed by atoms with van der Waals surface area (Å²) in [7, 11) is 0. The summed E-state index contributed by atoms with van der Waals surface area (Å²) in [5.41, 5.74) is 0. The van der Waals surface area contributed by atoms with Crippen molar-refractivity contribution in [3.8, 4) is 0 Å². The van der Waals surface area contributed by atoms with Gasteiger partial charge in [0.2, 0.25) is 0 Å². The van der Waals surface area contributed by atoms with E-state index in [1.54, 1.807) is 0 Å². The van der Waals surface area contributed by atoms with Gasteiger partial charge in [0.25, 0.3) is 0 Å². The van der Waals surface area contributed by atoms with Crippen LogP contribution in [0.5, 0.6) is 0 Å². The lowest BCUT2D eigenvalue weighted by molar-refractivity contribution is -0.167. The zero-order valence-electron chi connectivity index (χ0n) is 37.6. The fourth-order valence-corrected chi connectivity index (χ4v) is 6.69. The Bertz CT molecular complexity index is 1010. The average Bonchev–Trinajstić information content (AvgIpc) is 3.21. The SMILES string of the molecule is CC/C=C\C/C=C\CCCCCCCCCC(=O)OCC(COC(=O)CCCCC/C=C\C=C/CCCC)OC(=O)CCCCCCCCCCCCCCCC. The van der Waals surface area contributed by atoms with Crippen molar-refractivity contribution in [3.63, 3.8) is 0 Å². The molecule has 0 aliphatic rings. The number of carbonyl (C=O) groups excluding carboxylic acids is 3. The van der Waals surface area contributed by atoms with Gasteiger partial charge < -0.3 is 14.2 Å². The Kier molecular flexibility index (Phi) is 43.9. The summed E-state index contributed by atoms with van der Waals surface area (Å²) in [5.74, 6) is -0.917. The summed E-state index contributed by atoms with van der Waals surface area (Å²) < 4.78 is 16.7. The lowest BCUT2D eigenvalue weighted by atomic mass is 10.0. The standard InChI is InChI=1S/C51H90O6/c1-4-7-10-13-16-19-22-24-26-29-32-35-38-41-44-50(53)56-47-48(46-55-49(52)43-40-37-34-31-28-21-18-15-12-9-6-3)57-51(54)45-42-39-36-33-30-27-25-23-20-17-14-11-8-5-2/h7,10,15-16,18-19,21,28,48H,4-6,8-9,11-14,17,20,22-27,29-47H2,1-3H3/b10-7-,18-15-,19-16-,28-21-. The van der Waals surface area contributed by atoms with E-state index in [0.717, 1.165) is 89.9 Å². The molecule has 1 atom stereocenters. The molecule has 0 N–H and O–H groups in total. The minimum Gasteiger partial charge on any atom is -0.462 e. The van der Waals surface area contributed by atoms with Crippen molar-refractivity contribution in [1.82, 2.24) is 0 Å². The van der Waals surface area contributed by atoms with E-state index in [1.165, 1.54) is 109 Å². The fourth-order valence-electron chi connectivity index (χ4n) is 6.69. The predicted molar refractivity (Wildman–Crippen MR) is 242 cm³/mol. The molecule has 0 bridgehead atoms. The number of unbranched alkanes of at least 4 members (excludes halogenated alkanes) is 25. The molecule has 0 aromatic rings. The summed E-state index contributed by atoms with van der Waals surface area (Å²) in [6.45, 7) is 6.45. The molecule has 0 saturated carbocycles. The average molecular weight is 799 g/mol. The second-order valence-corrected chi connectivity index (χ2v) is 16.0. The molecule has 0 spiro atoms. The number of hydrogen-bond acceptors (Lipinski definition) is 6. The van der Waals surface area contributed by atoms with Crippen molar-refractivity contribution in [2.45, 2.75) is 245 Å². The number of carbonyl (C=O) groups is 3. The molecule has 0 aromatic carbocycles. The van der Waals surface area contributed by atoms with Crippen LogP contribution < -0.4 is 0 Å². The Hall–Kier alpha value is -2.63. The van der Waals surface area contributed by atoms with Crippen LogP contribution in [-0.2, 0) is 28.6 Å². The van der Waals surface area contributed by atoms with Crippen LogP contribution in [-0.4, -0.2) is 37.2 Å². The van der Waals surface area contributed by atoms with Crippen molar-refractivity contribution in [3.05, 3.63) is 48.6 Å². The number of esters is 3. The van der Waals surface area contributed by atoms with Gasteiger partial charge in [-0.1, -0.05) is 204 Å². The van der Waals surface area contributed by atoms with E-state index in [2.05, 4.69) is 69.4 Å². The Balaban J connectivity index is 4.39. The third-order valence-electron chi connectivity index (χ3n) is 10.3. The van der Waals surface area contributed by atoms with Crippen molar-refractivity contribution in [2.75, 3.05) is 13.2 Å². The van der Waals surface area contributed by atoms with Crippen LogP contribution >= 0.6 is 0 Å². The van der Waals surface area contributed by atoms with Crippen LogP contribution in [0.2, 0.25) is 0 Å². The molecule has 1 unspecified atom stereocenters. The molecule has 0 fully saturated rings. The van der Waals surface area contributed by atoms with Crippen molar-refractivity contribution < 1.29 is 28.6 Å². The monoisotopic (exact) mass is 799 g/mol. The third-order valence-corrected chi connectivity index (χ3v) is 10.3. The summed E-state index contributed by atoms with van der Waals surface area (Å²) in [6, 6.07) is 0. The van der Waals surface area contributed by atoms with E-state index < -0.39 is 6.10 Å². The minimum absolute atomic E-state index is 0.0842. The predicted octanol–water partition coefficient (Wildman–Crippen LogP) is 15.5. The topological polar surface area (TPSA) is 78.9 Å². The number of allylic oxidation sites excluding steroid dienone is 8. The molecule has 57 heavy (non-hydrogen) atoms. The fraction of sp³-hybridized carbons (Fsp3) is 0.784. The highest BCUT2D eigenvalue weighted by Crippen LogP contribution is 2.15. The molecule has 0 aliphatic heterocycles. The second-order valence-electron chi connectivity index (χ2n) is 16.0. The van der Waals surface area contributed by atoms with E-state index >= 15 is 0 Å². The molecule has 0 heterocycles. The second kappa shape index (κ2) is 46.1. The first-order valence-electron chi connectivity index (χ1n) is 24.2. The smallest absolute Gasteiger partial charge is 0.306 e. The first kappa shape index (κ1) is 54.4. The Labute approximate surface area is 352 Å². The molecular formula is C51H90O6. The first-order chi connectivity index (χ1) is 28.0. The highest BCUT2D eigenvalue weighted by molar-refractivity contribution is 5.71. The van der Waals surface area contributed by atoms with Gasteiger partial charge in [0.05, 0.1) is 0 Å².